The number of fused-ring (bicyclic) bond motifs is 3. The highest BCUT2D eigenvalue weighted by Crippen LogP contribution is 2.19. The third kappa shape index (κ3) is 5.25. The number of piperazine rings is 1. The first-order valence-electron chi connectivity index (χ1n) is 12.1. The number of anilines is 1. The molecule has 1 aliphatic heterocycles. The number of amides is 1. The minimum atomic E-state index is -0.508. The van der Waals surface area contributed by atoms with Crippen molar-refractivity contribution in [2.75, 3.05) is 38.5 Å². The monoisotopic (exact) mass is 527 g/mol. The van der Waals surface area contributed by atoms with Gasteiger partial charge in [0.2, 0.25) is 5.95 Å². The average Bonchev–Trinajstić information content (AvgIpc) is 3.38. The number of nitrogen functional groups attached to an aromatic ring is 1. The van der Waals surface area contributed by atoms with E-state index < -0.39 is 5.60 Å². The van der Waals surface area contributed by atoms with Crippen molar-refractivity contribution in [2.24, 2.45) is 0 Å². The maximum absolute atomic E-state index is 13.0. The lowest BCUT2D eigenvalue weighted by Gasteiger charge is -2.35. The van der Waals surface area contributed by atoms with Gasteiger partial charge < -0.3 is 15.4 Å². The van der Waals surface area contributed by atoms with E-state index in [1.54, 1.807) is 27.9 Å². The first-order valence-corrected chi connectivity index (χ1v) is 12.5. The molecule has 4 heterocycles. The summed E-state index contributed by atoms with van der Waals surface area (Å²) in [5.74, 6) is 0.0533. The van der Waals surface area contributed by atoms with Crippen molar-refractivity contribution in [1.82, 2.24) is 38.7 Å². The van der Waals surface area contributed by atoms with Gasteiger partial charge in [0, 0.05) is 37.7 Å². The number of rotatable bonds is 5. The molecule has 12 nitrogen and oxygen atoms in total. The van der Waals surface area contributed by atoms with Crippen LogP contribution in [-0.4, -0.2) is 83.2 Å². The smallest absolute Gasteiger partial charge is 0.410 e. The minimum Gasteiger partial charge on any atom is -0.444 e. The Hall–Kier alpha value is -3.64. The zero-order valence-electron chi connectivity index (χ0n) is 21.1. The molecule has 3 aromatic heterocycles. The molecule has 1 amide bonds. The summed E-state index contributed by atoms with van der Waals surface area (Å²) < 4.78 is 9.89. The Morgan fingerprint density at radius 2 is 1.86 bits per heavy atom. The van der Waals surface area contributed by atoms with Gasteiger partial charge in [-0.3, -0.25) is 4.90 Å². The molecule has 1 saturated heterocycles. The van der Waals surface area contributed by atoms with Gasteiger partial charge in [0.15, 0.2) is 11.3 Å². The zero-order valence-corrected chi connectivity index (χ0v) is 21.9. The summed E-state index contributed by atoms with van der Waals surface area (Å²) in [6, 6.07) is 7.28. The van der Waals surface area contributed by atoms with Crippen LogP contribution in [-0.2, 0) is 17.8 Å². The van der Waals surface area contributed by atoms with E-state index in [-0.39, 0.29) is 24.3 Å². The van der Waals surface area contributed by atoms with Crippen LogP contribution < -0.4 is 11.4 Å². The van der Waals surface area contributed by atoms with Gasteiger partial charge >= 0.3 is 11.8 Å². The van der Waals surface area contributed by atoms with Crippen LogP contribution in [0, 0.1) is 0 Å². The Balaban J connectivity index is 1.30. The van der Waals surface area contributed by atoms with Gasteiger partial charge in [-0.15, -0.1) is 5.10 Å². The minimum absolute atomic E-state index is 0.0533. The highest BCUT2D eigenvalue weighted by atomic mass is 35.5. The topological polar surface area (TPSA) is 129 Å². The summed E-state index contributed by atoms with van der Waals surface area (Å²) in [6.07, 6.45) is 1.38. The third-order valence-corrected chi connectivity index (χ3v) is 6.45. The molecule has 5 rings (SSSR count). The summed E-state index contributed by atoms with van der Waals surface area (Å²) in [4.78, 5) is 33.8. The highest BCUT2D eigenvalue weighted by molar-refractivity contribution is 6.30. The quantitative estimate of drug-likeness (QED) is 0.417. The van der Waals surface area contributed by atoms with E-state index in [1.807, 2.05) is 32.9 Å². The molecule has 1 aromatic carbocycles. The molecule has 0 unspecified atom stereocenters. The molecular weight excluding hydrogens is 498 g/mol. The second kappa shape index (κ2) is 9.67. The maximum Gasteiger partial charge on any atom is 0.410 e. The number of carbonyl (C=O) groups excluding carboxylic acids is 1. The fourth-order valence-corrected chi connectivity index (χ4v) is 4.61. The number of benzene rings is 1. The molecule has 0 aliphatic carbocycles. The fourth-order valence-electron chi connectivity index (χ4n) is 4.39. The van der Waals surface area contributed by atoms with Crippen molar-refractivity contribution >= 4 is 40.3 Å². The van der Waals surface area contributed by atoms with Crippen molar-refractivity contribution in [3.05, 3.63) is 51.5 Å². The summed E-state index contributed by atoms with van der Waals surface area (Å²) in [5.41, 5.74) is 7.13. The molecule has 0 bridgehead atoms. The van der Waals surface area contributed by atoms with E-state index in [0.29, 0.717) is 41.3 Å². The summed E-state index contributed by atoms with van der Waals surface area (Å²) in [7, 11) is 0. The number of ether oxygens (including phenoxy) is 1. The van der Waals surface area contributed by atoms with Crippen LogP contribution in [0.25, 0.3) is 16.7 Å². The summed E-state index contributed by atoms with van der Waals surface area (Å²) in [6.45, 7) is 9.84. The predicted octanol–water partition coefficient (Wildman–Crippen LogP) is 2.08. The number of nitrogens with zero attached hydrogens (tertiary/aromatic N) is 8. The molecule has 196 valence electrons. The lowest BCUT2D eigenvalue weighted by Crippen LogP contribution is -2.50. The normalized spacial score (nSPS) is 15.1. The van der Waals surface area contributed by atoms with Crippen molar-refractivity contribution in [3.8, 4) is 0 Å². The van der Waals surface area contributed by atoms with Gasteiger partial charge in [-0.25, -0.2) is 23.4 Å². The molecule has 1 aliphatic rings. The molecule has 13 heteroatoms. The van der Waals surface area contributed by atoms with Crippen molar-refractivity contribution < 1.29 is 9.53 Å². The van der Waals surface area contributed by atoms with Crippen molar-refractivity contribution in [1.29, 1.82) is 0 Å². The van der Waals surface area contributed by atoms with Gasteiger partial charge in [0.1, 0.15) is 5.60 Å². The SMILES string of the molecule is CC(C)(C)OC(=O)N1CCN(CCn2ncc3c2nc(N)n2c(=O)n(Cc4cccc(Cl)c4)nc32)CC1. The van der Waals surface area contributed by atoms with E-state index in [0.717, 1.165) is 25.2 Å². The summed E-state index contributed by atoms with van der Waals surface area (Å²) in [5, 5.41) is 10.3. The molecule has 0 atom stereocenters. The molecule has 4 aromatic rings. The zero-order chi connectivity index (χ0) is 26.3. The Morgan fingerprint density at radius 1 is 1.11 bits per heavy atom. The van der Waals surface area contributed by atoms with E-state index in [9.17, 15) is 9.59 Å². The number of nitrogens with two attached hydrogens (primary N) is 1. The highest BCUT2D eigenvalue weighted by Gasteiger charge is 2.26. The number of aromatic nitrogens is 6. The Kier molecular flexibility index (Phi) is 6.54. The largest absolute Gasteiger partial charge is 0.444 e. The van der Waals surface area contributed by atoms with Crippen LogP contribution in [0.3, 0.4) is 0 Å². The second-order valence-corrected chi connectivity index (χ2v) is 10.5. The lowest BCUT2D eigenvalue weighted by molar-refractivity contribution is 0.0142. The van der Waals surface area contributed by atoms with Gasteiger partial charge in [0.25, 0.3) is 0 Å². The molecule has 37 heavy (non-hydrogen) atoms. The van der Waals surface area contributed by atoms with Gasteiger partial charge in [-0.05, 0) is 38.5 Å². The van der Waals surface area contributed by atoms with E-state index >= 15 is 0 Å². The number of hydrogen-bond acceptors (Lipinski definition) is 8. The third-order valence-electron chi connectivity index (χ3n) is 6.21. The predicted molar refractivity (Wildman–Crippen MR) is 140 cm³/mol. The van der Waals surface area contributed by atoms with Crippen LogP contribution in [0.1, 0.15) is 26.3 Å². The molecule has 0 spiro atoms. The first-order chi connectivity index (χ1) is 17.6. The van der Waals surface area contributed by atoms with Gasteiger partial charge in [-0.2, -0.15) is 10.1 Å². The molecule has 0 saturated carbocycles. The van der Waals surface area contributed by atoms with E-state index in [1.165, 1.54) is 9.08 Å². The molecular formula is C24H30ClN9O3. The summed E-state index contributed by atoms with van der Waals surface area (Å²) >= 11 is 6.08. The Bertz CT molecular complexity index is 1510. The lowest BCUT2D eigenvalue weighted by atomic mass is 10.2. The van der Waals surface area contributed by atoms with Crippen molar-refractivity contribution in [2.45, 2.75) is 39.5 Å². The molecule has 2 N–H and O–H groups in total. The van der Waals surface area contributed by atoms with Crippen LogP contribution in [0.15, 0.2) is 35.3 Å². The number of halogens is 1. The van der Waals surface area contributed by atoms with Crippen molar-refractivity contribution in [3.63, 3.8) is 0 Å². The number of carbonyl (C=O) groups is 1. The molecule has 0 radical (unpaired) electrons. The maximum atomic E-state index is 13.0. The Morgan fingerprint density at radius 3 is 2.57 bits per heavy atom. The van der Waals surface area contributed by atoms with Crippen LogP contribution >= 0.6 is 11.6 Å². The second-order valence-electron chi connectivity index (χ2n) is 10.1. The number of hydrogen-bond donors (Lipinski definition) is 1. The average molecular weight is 528 g/mol. The van der Waals surface area contributed by atoms with Crippen LogP contribution in [0.4, 0.5) is 10.7 Å². The van der Waals surface area contributed by atoms with Gasteiger partial charge in [-0.1, -0.05) is 23.7 Å². The first kappa shape index (κ1) is 25.0. The van der Waals surface area contributed by atoms with E-state index in [2.05, 4.69) is 20.1 Å². The van der Waals surface area contributed by atoms with E-state index in [4.69, 9.17) is 22.1 Å². The van der Waals surface area contributed by atoms with Crippen LogP contribution in [0.2, 0.25) is 5.02 Å². The molecule has 1 fully saturated rings. The van der Waals surface area contributed by atoms with Gasteiger partial charge in [0.05, 0.1) is 24.7 Å². The Labute approximate surface area is 218 Å². The van der Waals surface area contributed by atoms with Crippen LogP contribution in [0.5, 0.6) is 0 Å². The fraction of sp³-hybridized carbons (Fsp3) is 0.458. The standard InChI is InChI=1S/C24H30ClN9O3/c1-24(2,3)37-23(36)31-10-7-30(8-11-31)9-12-32-19-18(14-27-32)20-29-33(22(35)34(20)21(26)28-19)15-16-5-4-6-17(25)13-16/h4-6,13-14H,7-12,15H2,1-3H3,(H2,26,28).